The number of phosphoric ester groups is 1. The van der Waals surface area contributed by atoms with Crippen LogP contribution in [0.25, 0.3) is 0 Å². The van der Waals surface area contributed by atoms with Gasteiger partial charge in [-0.1, -0.05) is 184 Å². The molecular formula is C45H81O8P. The van der Waals surface area contributed by atoms with Gasteiger partial charge in [0.2, 0.25) is 0 Å². The summed E-state index contributed by atoms with van der Waals surface area (Å²) in [6.45, 7) is 3.77. The highest BCUT2D eigenvalue weighted by molar-refractivity contribution is 7.47. The second-order valence-electron chi connectivity index (χ2n) is 14.5. The van der Waals surface area contributed by atoms with Gasteiger partial charge >= 0.3 is 19.8 Å². The minimum absolute atomic E-state index is 0.225. The van der Waals surface area contributed by atoms with Crippen molar-refractivity contribution >= 4 is 19.8 Å². The summed E-state index contributed by atoms with van der Waals surface area (Å²) in [5, 5.41) is 0. The van der Waals surface area contributed by atoms with Gasteiger partial charge in [0, 0.05) is 20.0 Å². The van der Waals surface area contributed by atoms with Crippen LogP contribution in [0.15, 0.2) is 48.6 Å². The monoisotopic (exact) mass is 781 g/mol. The third kappa shape index (κ3) is 39.7. The molecule has 0 saturated heterocycles. The summed E-state index contributed by atoms with van der Waals surface area (Å²) in [5.41, 5.74) is 0. The van der Waals surface area contributed by atoms with Crippen LogP contribution in [0.5, 0.6) is 0 Å². The molecule has 54 heavy (non-hydrogen) atoms. The van der Waals surface area contributed by atoms with E-state index >= 15 is 0 Å². The smallest absolute Gasteiger partial charge is 0.462 e. The lowest BCUT2D eigenvalue weighted by atomic mass is 10.0. The molecule has 0 spiro atoms. The summed E-state index contributed by atoms with van der Waals surface area (Å²) in [6.07, 6.45) is 48.8. The highest BCUT2D eigenvalue weighted by Crippen LogP contribution is 2.42. The molecule has 0 saturated carbocycles. The van der Waals surface area contributed by atoms with Gasteiger partial charge in [0.25, 0.3) is 0 Å². The Labute approximate surface area is 331 Å². The maximum absolute atomic E-state index is 12.5. The fourth-order valence-electron chi connectivity index (χ4n) is 6.00. The highest BCUT2D eigenvalue weighted by atomic mass is 31.2. The Kier molecular flexibility index (Phi) is 39.2. The van der Waals surface area contributed by atoms with Crippen LogP contribution < -0.4 is 0 Å². The van der Waals surface area contributed by atoms with Crippen LogP contribution >= 0.6 is 7.82 Å². The average Bonchev–Trinajstić information content (AvgIpc) is 3.16. The van der Waals surface area contributed by atoms with E-state index in [4.69, 9.17) is 14.0 Å². The Morgan fingerprint density at radius 2 is 0.944 bits per heavy atom. The van der Waals surface area contributed by atoms with Gasteiger partial charge in [-0.05, 0) is 51.4 Å². The third-order valence-electron chi connectivity index (χ3n) is 9.34. The van der Waals surface area contributed by atoms with Crippen LogP contribution in [-0.4, -0.2) is 43.3 Å². The van der Waals surface area contributed by atoms with E-state index in [0.29, 0.717) is 12.8 Å². The fraction of sp³-hybridized carbons (Fsp3) is 0.778. The molecule has 8 nitrogen and oxygen atoms in total. The number of esters is 2. The van der Waals surface area contributed by atoms with E-state index in [1.165, 1.54) is 96.3 Å². The highest BCUT2D eigenvalue weighted by Gasteiger charge is 2.24. The second kappa shape index (κ2) is 40.7. The molecule has 0 heterocycles. The predicted molar refractivity (Wildman–Crippen MR) is 225 cm³/mol. The van der Waals surface area contributed by atoms with Crippen molar-refractivity contribution in [2.24, 2.45) is 0 Å². The molecule has 0 fully saturated rings. The number of phosphoric acid groups is 1. The molecule has 0 aliphatic heterocycles. The minimum Gasteiger partial charge on any atom is -0.462 e. The number of hydrogen-bond donors (Lipinski definition) is 1. The first kappa shape index (κ1) is 52.0. The molecule has 0 aromatic carbocycles. The Morgan fingerprint density at radius 3 is 1.41 bits per heavy atom. The Balaban J connectivity index is 3.95. The molecule has 0 bridgehead atoms. The molecule has 2 unspecified atom stereocenters. The first-order valence-electron chi connectivity index (χ1n) is 21.8. The van der Waals surface area contributed by atoms with Crippen molar-refractivity contribution in [2.45, 2.75) is 206 Å². The predicted octanol–water partition coefficient (Wildman–Crippen LogP) is 13.8. The second-order valence-corrected chi connectivity index (χ2v) is 16.0. The van der Waals surface area contributed by atoms with E-state index in [1.54, 1.807) is 0 Å². The van der Waals surface area contributed by atoms with Gasteiger partial charge in [0.1, 0.15) is 6.61 Å². The lowest BCUT2D eigenvalue weighted by molar-refractivity contribution is -0.161. The Bertz CT molecular complexity index is 1020. The lowest BCUT2D eigenvalue weighted by Gasteiger charge is -2.19. The van der Waals surface area contributed by atoms with Crippen molar-refractivity contribution in [3.63, 3.8) is 0 Å². The molecule has 0 amide bonds. The van der Waals surface area contributed by atoms with E-state index in [2.05, 4.69) is 67.0 Å². The molecule has 0 rings (SSSR count). The first-order valence-corrected chi connectivity index (χ1v) is 23.3. The van der Waals surface area contributed by atoms with Crippen molar-refractivity contribution in [3.8, 4) is 0 Å². The van der Waals surface area contributed by atoms with Gasteiger partial charge in [0.05, 0.1) is 6.61 Å². The zero-order chi connectivity index (χ0) is 39.6. The molecule has 0 radical (unpaired) electrons. The number of carbonyl (C=O) groups excluding carboxylic acids is 2. The topological polar surface area (TPSA) is 108 Å². The van der Waals surface area contributed by atoms with Crippen LogP contribution in [0, 0.1) is 0 Å². The first-order chi connectivity index (χ1) is 26.3. The lowest BCUT2D eigenvalue weighted by Crippen LogP contribution is -2.29. The molecule has 0 aliphatic rings. The summed E-state index contributed by atoms with van der Waals surface area (Å²) in [7, 11) is -3.20. The van der Waals surface area contributed by atoms with Gasteiger partial charge < -0.3 is 14.4 Å². The van der Waals surface area contributed by atoms with E-state index in [0.717, 1.165) is 77.7 Å². The van der Waals surface area contributed by atoms with E-state index in [9.17, 15) is 19.0 Å². The van der Waals surface area contributed by atoms with Crippen molar-refractivity contribution in [1.82, 2.24) is 0 Å². The van der Waals surface area contributed by atoms with Gasteiger partial charge in [-0.3, -0.25) is 18.6 Å². The number of allylic oxidation sites excluding steroid dienone is 8. The summed E-state index contributed by atoms with van der Waals surface area (Å²) in [5.74, 6) is -0.806. The zero-order valence-electron chi connectivity index (χ0n) is 34.9. The van der Waals surface area contributed by atoms with Crippen LogP contribution in [0.3, 0.4) is 0 Å². The maximum Gasteiger partial charge on any atom is 0.472 e. The number of rotatable bonds is 40. The van der Waals surface area contributed by atoms with Crippen LogP contribution in [0.2, 0.25) is 0 Å². The maximum atomic E-state index is 12.5. The van der Waals surface area contributed by atoms with Gasteiger partial charge in [-0.15, -0.1) is 0 Å². The molecule has 0 aromatic heterocycles. The number of unbranched alkanes of at least 4 members (excludes halogenated alkanes) is 21. The van der Waals surface area contributed by atoms with Gasteiger partial charge in [-0.2, -0.15) is 0 Å². The van der Waals surface area contributed by atoms with E-state index in [-0.39, 0.29) is 19.0 Å². The van der Waals surface area contributed by atoms with Crippen molar-refractivity contribution in [3.05, 3.63) is 48.6 Å². The molecule has 314 valence electrons. The Morgan fingerprint density at radius 1 is 0.537 bits per heavy atom. The van der Waals surface area contributed by atoms with E-state index in [1.807, 2.05) is 0 Å². The molecular weight excluding hydrogens is 699 g/mol. The summed E-state index contributed by atoms with van der Waals surface area (Å²) >= 11 is 0. The average molecular weight is 781 g/mol. The number of ether oxygens (including phenoxy) is 2. The van der Waals surface area contributed by atoms with Gasteiger partial charge in [0.15, 0.2) is 6.10 Å². The minimum atomic E-state index is -4.26. The van der Waals surface area contributed by atoms with Crippen molar-refractivity contribution in [2.75, 3.05) is 20.3 Å². The molecule has 2 atom stereocenters. The standard InChI is InChI=1S/C45H81O8P/c1-4-6-8-10-12-14-16-18-19-20-21-22-23-24-25-26-27-28-30-32-34-36-38-40-45(47)53-43(42-52-54(48,49)50-3)41-51-44(46)39-37-35-33-31-29-17-15-13-11-9-7-5-2/h6,8,12,14,18-19,21-22,43H,4-5,7,9-11,13,15-17,20,23-42H2,1-3H3,(H,48,49)/b8-6-,14-12-,19-18-,22-21-. The fourth-order valence-corrected chi connectivity index (χ4v) is 6.46. The van der Waals surface area contributed by atoms with Crippen molar-refractivity contribution < 1.29 is 37.6 Å². The zero-order valence-corrected chi connectivity index (χ0v) is 35.8. The van der Waals surface area contributed by atoms with E-state index < -0.39 is 26.5 Å². The molecule has 0 aliphatic carbocycles. The largest absolute Gasteiger partial charge is 0.472 e. The van der Waals surface area contributed by atoms with Crippen molar-refractivity contribution in [1.29, 1.82) is 0 Å². The molecule has 9 heteroatoms. The number of hydrogen-bond acceptors (Lipinski definition) is 7. The summed E-state index contributed by atoms with van der Waals surface area (Å²) in [6, 6.07) is 0. The molecule has 1 N–H and O–H groups in total. The van der Waals surface area contributed by atoms with Gasteiger partial charge in [-0.25, -0.2) is 4.57 Å². The number of carbonyl (C=O) groups is 2. The summed E-state index contributed by atoms with van der Waals surface area (Å²) in [4.78, 5) is 34.4. The van der Waals surface area contributed by atoms with Crippen LogP contribution in [0.1, 0.15) is 200 Å². The van der Waals surface area contributed by atoms with Crippen LogP contribution in [-0.2, 0) is 32.7 Å². The summed E-state index contributed by atoms with van der Waals surface area (Å²) < 4.78 is 32.0. The Hall–Kier alpha value is -1.99. The molecule has 0 aromatic rings. The normalized spacial score (nSPS) is 13.8. The van der Waals surface area contributed by atoms with Crippen LogP contribution in [0.4, 0.5) is 0 Å². The SMILES string of the molecule is CC/C=C\C/C=C\C/C=C\C/C=C\CCCCCCCCCCCCC(=O)OC(COC(=O)CCCCCCCCCCCCCC)COP(=O)(O)OC. The quantitative estimate of drug-likeness (QED) is 0.0283. The third-order valence-corrected chi connectivity index (χ3v) is 10.3.